The zero-order valence-corrected chi connectivity index (χ0v) is 13.2. The summed E-state index contributed by atoms with van der Waals surface area (Å²) < 4.78 is 13.7. The minimum atomic E-state index is -0.271. The highest BCUT2D eigenvalue weighted by Gasteiger charge is 2.11. The SMILES string of the molecule is OCC(Cc1ccc(Cl)cc1)Cc1ccc(F)c(Br)c1. The van der Waals surface area contributed by atoms with Gasteiger partial charge in [-0.25, -0.2) is 4.39 Å². The quantitative estimate of drug-likeness (QED) is 0.827. The monoisotopic (exact) mass is 356 g/mol. The maximum Gasteiger partial charge on any atom is 0.137 e. The number of halogens is 3. The number of hydrogen-bond donors (Lipinski definition) is 1. The Morgan fingerprint density at radius 2 is 1.65 bits per heavy atom. The number of benzene rings is 2. The Morgan fingerprint density at radius 3 is 2.25 bits per heavy atom. The van der Waals surface area contributed by atoms with Gasteiger partial charge >= 0.3 is 0 Å². The van der Waals surface area contributed by atoms with Crippen molar-refractivity contribution in [3.63, 3.8) is 0 Å². The Bertz CT molecular complexity index is 571. The van der Waals surface area contributed by atoms with E-state index in [9.17, 15) is 9.50 Å². The maximum absolute atomic E-state index is 13.2. The molecule has 2 aromatic carbocycles. The van der Waals surface area contributed by atoms with Crippen LogP contribution in [0.15, 0.2) is 46.9 Å². The average Bonchev–Trinajstić information content (AvgIpc) is 2.44. The van der Waals surface area contributed by atoms with Crippen LogP contribution in [-0.4, -0.2) is 11.7 Å². The number of aliphatic hydroxyl groups excluding tert-OH is 1. The first-order chi connectivity index (χ1) is 9.58. The van der Waals surface area contributed by atoms with E-state index in [0.29, 0.717) is 15.9 Å². The molecular weight excluding hydrogens is 343 g/mol. The summed E-state index contributed by atoms with van der Waals surface area (Å²) in [7, 11) is 0. The van der Waals surface area contributed by atoms with Gasteiger partial charge in [-0.1, -0.05) is 29.8 Å². The molecule has 1 nitrogen and oxygen atoms in total. The molecule has 0 aliphatic rings. The Labute approximate surface area is 131 Å². The molecule has 0 heterocycles. The standard InChI is InChI=1S/C16H15BrClFO/c17-15-9-12(3-6-16(15)19)8-13(10-20)7-11-1-4-14(18)5-2-11/h1-6,9,13,20H,7-8,10H2. The fourth-order valence-corrected chi connectivity index (χ4v) is 2.71. The lowest BCUT2D eigenvalue weighted by molar-refractivity contribution is 0.225. The minimum Gasteiger partial charge on any atom is -0.396 e. The minimum absolute atomic E-state index is 0.0949. The molecule has 1 unspecified atom stereocenters. The molecule has 20 heavy (non-hydrogen) atoms. The van der Waals surface area contributed by atoms with E-state index in [-0.39, 0.29) is 18.3 Å². The van der Waals surface area contributed by atoms with Gasteiger partial charge < -0.3 is 5.11 Å². The van der Waals surface area contributed by atoms with Crippen LogP contribution in [0.4, 0.5) is 4.39 Å². The summed E-state index contributed by atoms with van der Waals surface area (Å²) in [5.41, 5.74) is 2.14. The Kier molecular flexibility index (Phi) is 5.58. The molecule has 0 spiro atoms. The van der Waals surface area contributed by atoms with Crippen LogP contribution < -0.4 is 0 Å². The number of hydrogen-bond acceptors (Lipinski definition) is 1. The van der Waals surface area contributed by atoms with Gasteiger partial charge in [0.1, 0.15) is 5.82 Å². The van der Waals surface area contributed by atoms with E-state index >= 15 is 0 Å². The van der Waals surface area contributed by atoms with Crippen molar-refractivity contribution in [2.75, 3.05) is 6.61 Å². The Balaban J connectivity index is 2.04. The highest BCUT2D eigenvalue weighted by atomic mass is 79.9. The van der Waals surface area contributed by atoms with Crippen LogP contribution >= 0.6 is 27.5 Å². The summed E-state index contributed by atoms with van der Waals surface area (Å²) in [6.45, 7) is 0.0949. The first-order valence-corrected chi connectivity index (χ1v) is 7.55. The third-order valence-corrected chi connectivity index (χ3v) is 4.06. The van der Waals surface area contributed by atoms with Gasteiger partial charge in [-0.15, -0.1) is 0 Å². The molecule has 106 valence electrons. The van der Waals surface area contributed by atoms with Crippen LogP contribution in [-0.2, 0) is 12.8 Å². The van der Waals surface area contributed by atoms with E-state index in [4.69, 9.17) is 11.6 Å². The topological polar surface area (TPSA) is 20.2 Å². The zero-order valence-electron chi connectivity index (χ0n) is 10.8. The molecule has 2 aromatic rings. The van der Waals surface area contributed by atoms with Crippen LogP contribution in [0.2, 0.25) is 5.02 Å². The van der Waals surface area contributed by atoms with Gasteiger partial charge in [0.05, 0.1) is 4.47 Å². The molecule has 0 saturated carbocycles. The molecule has 2 rings (SSSR count). The fourth-order valence-electron chi connectivity index (χ4n) is 2.16. The lowest BCUT2D eigenvalue weighted by Crippen LogP contribution is -2.13. The zero-order chi connectivity index (χ0) is 14.5. The van der Waals surface area contributed by atoms with Gasteiger partial charge in [-0.3, -0.25) is 0 Å². The summed E-state index contributed by atoms with van der Waals surface area (Å²) in [5, 5.41) is 10.2. The molecule has 0 aromatic heterocycles. The molecule has 0 aliphatic carbocycles. The van der Waals surface area contributed by atoms with E-state index < -0.39 is 0 Å². The predicted octanol–water partition coefficient (Wildman–Crippen LogP) is 4.64. The van der Waals surface area contributed by atoms with E-state index in [1.54, 1.807) is 12.1 Å². The third-order valence-electron chi connectivity index (χ3n) is 3.20. The Hall–Kier alpha value is -0.900. The largest absolute Gasteiger partial charge is 0.396 e. The molecule has 1 N–H and O–H groups in total. The van der Waals surface area contributed by atoms with Crippen molar-refractivity contribution in [3.8, 4) is 0 Å². The molecular formula is C16H15BrClFO. The molecule has 0 radical (unpaired) electrons. The van der Waals surface area contributed by atoms with Crippen LogP contribution in [0.1, 0.15) is 11.1 Å². The lowest BCUT2D eigenvalue weighted by atomic mass is 9.93. The highest BCUT2D eigenvalue weighted by molar-refractivity contribution is 9.10. The molecule has 4 heteroatoms. The van der Waals surface area contributed by atoms with Crippen LogP contribution in [0.5, 0.6) is 0 Å². The molecule has 0 bridgehead atoms. The molecule has 0 fully saturated rings. The summed E-state index contributed by atoms with van der Waals surface area (Å²) in [4.78, 5) is 0. The molecule has 0 aliphatic heterocycles. The van der Waals surface area contributed by atoms with E-state index in [1.807, 2.05) is 24.3 Å². The number of aliphatic hydroxyl groups is 1. The maximum atomic E-state index is 13.2. The van der Waals surface area contributed by atoms with Crippen LogP contribution in [0.25, 0.3) is 0 Å². The second kappa shape index (κ2) is 7.21. The van der Waals surface area contributed by atoms with Gasteiger partial charge in [0.2, 0.25) is 0 Å². The van der Waals surface area contributed by atoms with Crippen molar-refractivity contribution in [2.45, 2.75) is 12.8 Å². The first kappa shape index (κ1) is 15.5. The Morgan fingerprint density at radius 1 is 1.05 bits per heavy atom. The summed E-state index contributed by atoms with van der Waals surface area (Å²) in [6, 6.07) is 12.6. The van der Waals surface area contributed by atoms with Crippen molar-refractivity contribution in [1.29, 1.82) is 0 Å². The van der Waals surface area contributed by atoms with Gasteiger partial charge in [-0.2, -0.15) is 0 Å². The second-order valence-corrected chi connectivity index (χ2v) is 6.12. The van der Waals surface area contributed by atoms with E-state index in [2.05, 4.69) is 15.9 Å². The average molecular weight is 358 g/mol. The van der Waals surface area contributed by atoms with Crippen LogP contribution in [0, 0.1) is 11.7 Å². The van der Waals surface area contributed by atoms with Crippen molar-refractivity contribution in [2.24, 2.45) is 5.92 Å². The van der Waals surface area contributed by atoms with Crippen LogP contribution in [0.3, 0.4) is 0 Å². The molecule has 0 saturated heterocycles. The second-order valence-electron chi connectivity index (χ2n) is 4.83. The normalized spacial score (nSPS) is 12.4. The van der Waals surface area contributed by atoms with E-state index in [1.165, 1.54) is 6.07 Å². The molecule has 1 atom stereocenters. The van der Waals surface area contributed by atoms with Crippen molar-refractivity contribution < 1.29 is 9.50 Å². The fraction of sp³-hybridized carbons (Fsp3) is 0.250. The summed E-state index contributed by atoms with van der Waals surface area (Å²) in [6.07, 6.45) is 1.47. The van der Waals surface area contributed by atoms with Gasteiger partial charge in [0, 0.05) is 11.6 Å². The van der Waals surface area contributed by atoms with Crippen molar-refractivity contribution in [3.05, 3.63) is 68.9 Å². The van der Waals surface area contributed by atoms with Gasteiger partial charge in [0.25, 0.3) is 0 Å². The summed E-state index contributed by atoms with van der Waals surface area (Å²) >= 11 is 9.03. The predicted molar refractivity (Wildman–Crippen MR) is 83.5 cm³/mol. The van der Waals surface area contributed by atoms with Gasteiger partial charge in [-0.05, 0) is 70.1 Å². The highest BCUT2D eigenvalue weighted by Crippen LogP contribution is 2.21. The van der Waals surface area contributed by atoms with E-state index in [0.717, 1.165) is 17.5 Å². The smallest absolute Gasteiger partial charge is 0.137 e. The number of rotatable bonds is 5. The molecule has 0 amide bonds. The first-order valence-electron chi connectivity index (χ1n) is 6.37. The van der Waals surface area contributed by atoms with Gasteiger partial charge in [0.15, 0.2) is 0 Å². The summed E-state index contributed by atoms with van der Waals surface area (Å²) in [5.74, 6) is -0.166. The third kappa shape index (κ3) is 4.30. The lowest BCUT2D eigenvalue weighted by Gasteiger charge is -2.15. The van der Waals surface area contributed by atoms with Crippen molar-refractivity contribution in [1.82, 2.24) is 0 Å². The van der Waals surface area contributed by atoms with Crippen molar-refractivity contribution >= 4 is 27.5 Å².